The molecule has 2 N–H and O–H groups in total. The molecule has 1 fully saturated rings. The summed E-state index contributed by atoms with van der Waals surface area (Å²) in [4.78, 5) is 0.541. The van der Waals surface area contributed by atoms with Gasteiger partial charge >= 0.3 is 12.4 Å². The Bertz CT molecular complexity index is 1140. The van der Waals surface area contributed by atoms with Crippen LogP contribution in [0, 0.1) is 5.92 Å². The van der Waals surface area contributed by atoms with Gasteiger partial charge in [-0.15, -0.1) is 11.8 Å². The highest BCUT2D eigenvalue weighted by atomic mass is 32.2. The van der Waals surface area contributed by atoms with Crippen LogP contribution >= 0.6 is 11.8 Å². The van der Waals surface area contributed by atoms with E-state index >= 15 is 0 Å². The second-order valence-electron chi connectivity index (χ2n) is 8.59. The number of ether oxygens (including phenoxy) is 1. The Hall–Kier alpha value is -2.53. The average molecular weight is 529 g/mol. The zero-order chi connectivity index (χ0) is 26.2. The predicted octanol–water partition coefficient (Wildman–Crippen LogP) is 6.84. The van der Waals surface area contributed by atoms with E-state index in [1.165, 1.54) is 24.3 Å². The van der Waals surface area contributed by atoms with Crippen LogP contribution in [0.25, 0.3) is 0 Å². The molecule has 0 amide bonds. The van der Waals surface area contributed by atoms with Gasteiger partial charge in [0.25, 0.3) is 11.6 Å². The molecule has 192 valence electrons. The highest BCUT2D eigenvalue weighted by Gasteiger charge is 2.74. The molecule has 10 heteroatoms. The normalized spacial score (nSPS) is 28.0. The van der Waals surface area contributed by atoms with Gasteiger partial charge in [0, 0.05) is 22.5 Å². The van der Waals surface area contributed by atoms with E-state index in [1.807, 2.05) is 0 Å². The molecule has 1 aliphatic rings. The van der Waals surface area contributed by atoms with Crippen molar-refractivity contribution in [2.24, 2.45) is 5.92 Å². The van der Waals surface area contributed by atoms with Gasteiger partial charge in [0.2, 0.25) is 0 Å². The Morgan fingerprint density at radius 2 is 1.25 bits per heavy atom. The van der Waals surface area contributed by atoms with Crippen LogP contribution in [-0.2, 0) is 4.74 Å². The first-order chi connectivity index (χ1) is 16.9. The van der Waals surface area contributed by atoms with Crippen LogP contribution in [0.1, 0.15) is 28.7 Å². The van der Waals surface area contributed by atoms with Crippen LogP contribution in [0.5, 0.6) is 0 Å². The van der Waals surface area contributed by atoms with E-state index in [0.717, 1.165) is 11.8 Å². The van der Waals surface area contributed by atoms with Crippen LogP contribution in [0.2, 0.25) is 0 Å². The van der Waals surface area contributed by atoms with Gasteiger partial charge in [-0.2, -0.15) is 26.3 Å². The first-order valence-corrected chi connectivity index (χ1v) is 11.8. The number of thioether (sulfide) groups is 1. The van der Waals surface area contributed by atoms with E-state index in [9.17, 15) is 36.6 Å². The quantitative estimate of drug-likeness (QED) is 0.281. The third-order valence-corrected chi connectivity index (χ3v) is 7.61. The second kappa shape index (κ2) is 9.74. The summed E-state index contributed by atoms with van der Waals surface area (Å²) in [6, 6.07) is 23.6. The summed E-state index contributed by atoms with van der Waals surface area (Å²) in [7, 11) is 0. The van der Waals surface area contributed by atoms with Crippen molar-refractivity contribution in [3.8, 4) is 0 Å². The van der Waals surface area contributed by atoms with Crippen molar-refractivity contribution < 1.29 is 41.3 Å². The number of benzene rings is 3. The van der Waals surface area contributed by atoms with Crippen molar-refractivity contribution in [2.45, 2.75) is 46.4 Å². The lowest BCUT2D eigenvalue weighted by Crippen LogP contribution is -2.68. The Morgan fingerprint density at radius 3 is 1.75 bits per heavy atom. The molecule has 5 atom stereocenters. The topological polar surface area (TPSA) is 49.7 Å². The molecule has 0 unspecified atom stereocenters. The zero-order valence-corrected chi connectivity index (χ0v) is 19.4. The van der Waals surface area contributed by atoms with E-state index in [4.69, 9.17) is 0 Å². The van der Waals surface area contributed by atoms with E-state index in [2.05, 4.69) is 4.74 Å². The lowest BCUT2D eigenvalue weighted by molar-refractivity contribution is -0.501. The molecule has 36 heavy (non-hydrogen) atoms. The Kier molecular flexibility index (Phi) is 7.18. The molecular weight excluding hydrogens is 506 g/mol. The Morgan fingerprint density at radius 1 is 0.750 bits per heavy atom. The molecule has 0 saturated carbocycles. The number of halogens is 6. The van der Waals surface area contributed by atoms with Crippen molar-refractivity contribution in [2.75, 3.05) is 0 Å². The number of aliphatic hydroxyl groups is 2. The third-order valence-electron chi connectivity index (χ3n) is 6.24. The predicted molar refractivity (Wildman–Crippen MR) is 122 cm³/mol. The first-order valence-electron chi connectivity index (χ1n) is 11.0. The van der Waals surface area contributed by atoms with Crippen LogP contribution in [-0.4, -0.2) is 34.1 Å². The van der Waals surface area contributed by atoms with E-state index in [1.54, 1.807) is 66.7 Å². The first kappa shape index (κ1) is 26.5. The third kappa shape index (κ3) is 5.00. The summed E-state index contributed by atoms with van der Waals surface area (Å²) in [5, 5.41) is 20.3. The monoisotopic (exact) mass is 528 g/mol. The summed E-state index contributed by atoms with van der Waals surface area (Å²) < 4.78 is 89.6. The SMILES string of the molecule is O[C@]1(C(F)(F)F)C[C@H](c2ccccc2)[C@@H]([C@H](Sc2ccccc2)c2ccccc2)[C@@](O)(C(F)(F)F)O1. The number of alkyl halides is 6. The van der Waals surface area contributed by atoms with Gasteiger partial charge < -0.3 is 14.9 Å². The fourth-order valence-corrected chi connectivity index (χ4v) is 5.99. The van der Waals surface area contributed by atoms with Crippen molar-refractivity contribution in [3.05, 3.63) is 102 Å². The molecule has 0 aromatic heterocycles. The van der Waals surface area contributed by atoms with Crippen LogP contribution in [0.15, 0.2) is 95.9 Å². The largest absolute Gasteiger partial charge is 0.443 e. The summed E-state index contributed by atoms with van der Waals surface area (Å²) in [5.41, 5.74) is 0.451. The van der Waals surface area contributed by atoms with Crippen molar-refractivity contribution >= 4 is 11.8 Å². The molecule has 1 aliphatic heterocycles. The maximum Gasteiger partial charge on any atom is 0.443 e. The van der Waals surface area contributed by atoms with E-state index < -0.39 is 47.4 Å². The van der Waals surface area contributed by atoms with Crippen LogP contribution in [0.3, 0.4) is 0 Å². The van der Waals surface area contributed by atoms with Gasteiger partial charge in [0.1, 0.15) is 0 Å². The molecule has 3 aromatic carbocycles. The maximum absolute atomic E-state index is 14.5. The number of hydrogen-bond donors (Lipinski definition) is 2. The summed E-state index contributed by atoms with van der Waals surface area (Å²) in [6.45, 7) is 0. The standard InChI is InChI=1S/C26H22F6O3S/c27-25(28,29)23(33)16-20(17-10-4-1-5-11-17)21(24(34,35-23)26(30,31)32)22(18-12-6-2-7-13-18)36-19-14-8-3-9-15-19/h1-15,20-22,33-34H,16H2/t20-,21+,22-,23-,24+/m1/s1. The number of hydrogen-bond acceptors (Lipinski definition) is 4. The van der Waals surface area contributed by atoms with Gasteiger partial charge in [-0.1, -0.05) is 78.9 Å². The second-order valence-corrected chi connectivity index (χ2v) is 9.80. The molecular formula is C26H22F6O3S. The lowest BCUT2D eigenvalue weighted by Gasteiger charge is -2.53. The minimum atomic E-state index is -5.67. The molecule has 0 bridgehead atoms. The summed E-state index contributed by atoms with van der Waals surface area (Å²) >= 11 is 0.970. The molecule has 0 spiro atoms. The molecule has 0 aliphatic carbocycles. The van der Waals surface area contributed by atoms with Crippen molar-refractivity contribution in [3.63, 3.8) is 0 Å². The summed E-state index contributed by atoms with van der Waals surface area (Å²) in [6.07, 6.45) is -12.5. The molecule has 4 rings (SSSR count). The molecule has 1 saturated heterocycles. The van der Waals surface area contributed by atoms with Crippen LogP contribution in [0.4, 0.5) is 26.3 Å². The summed E-state index contributed by atoms with van der Waals surface area (Å²) in [5.74, 6) is -12.1. The van der Waals surface area contributed by atoms with Gasteiger partial charge in [-0.25, -0.2) is 0 Å². The van der Waals surface area contributed by atoms with Crippen molar-refractivity contribution in [1.82, 2.24) is 0 Å². The Labute approximate surface area is 207 Å². The molecule has 3 nitrogen and oxygen atoms in total. The minimum absolute atomic E-state index is 0.103. The molecule has 0 radical (unpaired) electrons. The van der Waals surface area contributed by atoms with Crippen LogP contribution < -0.4 is 0 Å². The average Bonchev–Trinajstić information content (AvgIpc) is 2.83. The maximum atomic E-state index is 14.5. The fourth-order valence-electron chi connectivity index (χ4n) is 4.56. The minimum Gasteiger partial charge on any atom is -0.358 e. The Balaban J connectivity index is 1.96. The fraction of sp³-hybridized carbons (Fsp3) is 0.308. The number of rotatable bonds is 5. The molecule has 1 heterocycles. The molecule has 3 aromatic rings. The van der Waals surface area contributed by atoms with E-state index in [0.29, 0.717) is 10.5 Å². The highest BCUT2D eigenvalue weighted by molar-refractivity contribution is 7.99. The van der Waals surface area contributed by atoms with Gasteiger partial charge in [-0.3, -0.25) is 0 Å². The smallest absolute Gasteiger partial charge is 0.358 e. The lowest BCUT2D eigenvalue weighted by atomic mass is 9.70. The van der Waals surface area contributed by atoms with Crippen molar-refractivity contribution in [1.29, 1.82) is 0 Å². The van der Waals surface area contributed by atoms with Gasteiger partial charge in [0.15, 0.2) is 0 Å². The van der Waals surface area contributed by atoms with E-state index in [-0.39, 0.29) is 5.56 Å². The van der Waals surface area contributed by atoms with Gasteiger partial charge in [0.05, 0.1) is 0 Å². The highest BCUT2D eigenvalue weighted by Crippen LogP contribution is 2.62. The zero-order valence-electron chi connectivity index (χ0n) is 18.6. The van der Waals surface area contributed by atoms with Gasteiger partial charge in [-0.05, 0) is 29.2 Å².